The summed E-state index contributed by atoms with van der Waals surface area (Å²) >= 11 is 1.45. The van der Waals surface area contributed by atoms with E-state index in [1.54, 1.807) is 12.1 Å². The highest BCUT2D eigenvalue weighted by Gasteiger charge is 2.53. The number of thioether (sulfide) groups is 1. The van der Waals surface area contributed by atoms with Crippen molar-refractivity contribution < 1.29 is 23.0 Å². The molecule has 0 unspecified atom stereocenters. The smallest absolute Gasteiger partial charge is 0.234 e. The SMILES string of the molecule is CC[C@H]1OC[C@]2(c3cc(CC(=O)c4cnc(OCF)cn4)ccc3F)N=C(N)SC[C@H]12. The molecule has 2 aliphatic heterocycles. The highest BCUT2D eigenvalue weighted by atomic mass is 32.2. The number of hydrogen-bond donors (Lipinski definition) is 1. The van der Waals surface area contributed by atoms with Gasteiger partial charge in [-0.05, 0) is 24.1 Å². The van der Waals surface area contributed by atoms with Gasteiger partial charge in [-0.2, -0.15) is 0 Å². The number of rotatable bonds is 7. The van der Waals surface area contributed by atoms with Gasteiger partial charge in [0.25, 0.3) is 0 Å². The van der Waals surface area contributed by atoms with Crippen molar-refractivity contribution >= 4 is 22.7 Å². The molecule has 31 heavy (non-hydrogen) atoms. The molecule has 2 aliphatic rings. The van der Waals surface area contributed by atoms with Crippen LogP contribution in [0.1, 0.15) is 35.0 Å². The van der Waals surface area contributed by atoms with Gasteiger partial charge in [0.2, 0.25) is 12.7 Å². The third-order valence-corrected chi connectivity index (χ3v) is 6.59. The number of ketones is 1. The molecule has 2 aromatic rings. The second-order valence-electron chi connectivity index (χ2n) is 7.46. The van der Waals surface area contributed by atoms with Crippen molar-refractivity contribution in [1.82, 2.24) is 9.97 Å². The summed E-state index contributed by atoms with van der Waals surface area (Å²) < 4.78 is 37.8. The Labute approximate surface area is 182 Å². The number of alkyl halides is 1. The lowest BCUT2D eigenvalue weighted by Gasteiger charge is -2.36. The highest BCUT2D eigenvalue weighted by Crippen LogP contribution is 2.48. The van der Waals surface area contributed by atoms with Crippen LogP contribution in [0, 0.1) is 11.7 Å². The van der Waals surface area contributed by atoms with Crippen LogP contribution in [-0.4, -0.2) is 46.2 Å². The molecule has 0 aliphatic carbocycles. The zero-order chi connectivity index (χ0) is 22.0. The number of carbonyl (C=O) groups excluding carboxylic acids is 1. The second-order valence-corrected chi connectivity index (χ2v) is 8.50. The first-order valence-electron chi connectivity index (χ1n) is 9.89. The fourth-order valence-corrected chi connectivity index (χ4v) is 5.22. The topological polar surface area (TPSA) is 99.7 Å². The first-order chi connectivity index (χ1) is 15.0. The number of Topliss-reactive ketones (excluding diaryl/α,β-unsaturated/α-hetero) is 1. The Morgan fingerprint density at radius 1 is 1.39 bits per heavy atom. The Morgan fingerprint density at radius 3 is 2.94 bits per heavy atom. The van der Waals surface area contributed by atoms with Gasteiger partial charge in [0, 0.05) is 23.7 Å². The average Bonchev–Trinajstić information content (AvgIpc) is 3.14. The highest BCUT2D eigenvalue weighted by molar-refractivity contribution is 8.13. The fraction of sp³-hybridized carbons (Fsp3) is 0.429. The number of amidine groups is 1. The largest absolute Gasteiger partial charge is 0.445 e. The molecular weight excluding hydrogens is 426 g/mol. The second kappa shape index (κ2) is 8.88. The zero-order valence-corrected chi connectivity index (χ0v) is 17.7. The van der Waals surface area contributed by atoms with Gasteiger partial charge in [-0.1, -0.05) is 24.8 Å². The summed E-state index contributed by atoms with van der Waals surface area (Å²) in [5.41, 5.74) is 6.23. The van der Waals surface area contributed by atoms with Crippen LogP contribution in [0.3, 0.4) is 0 Å². The predicted octanol–water partition coefficient (Wildman–Crippen LogP) is 3.03. The molecule has 164 valence electrons. The summed E-state index contributed by atoms with van der Waals surface area (Å²) in [7, 11) is 0. The van der Waals surface area contributed by atoms with E-state index in [0.29, 0.717) is 22.0 Å². The molecule has 3 atom stereocenters. The molecule has 1 saturated heterocycles. The predicted molar refractivity (Wildman–Crippen MR) is 112 cm³/mol. The summed E-state index contributed by atoms with van der Waals surface area (Å²) in [4.78, 5) is 25.1. The summed E-state index contributed by atoms with van der Waals surface area (Å²) in [6.07, 6.45) is 3.17. The zero-order valence-electron chi connectivity index (χ0n) is 16.9. The Bertz CT molecular complexity index is 1000. The number of carbonyl (C=O) groups is 1. The maximum atomic E-state index is 15.0. The lowest BCUT2D eigenvalue weighted by atomic mass is 9.77. The van der Waals surface area contributed by atoms with Crippen molar-refractivity contribution in [3.05, 3.63) is 53.2 Å². The third-order valence-electron chi connectivity index (χ3n) is 5.68. The average molecular weight is 448 g/mol. The number of fused-ring (bicyclic) bond motifs is 1. The van der Waals surface area contributed by atoms with E-state index in [1.807, 2.05) is 6.92 Å². The summed E-state index contributed by atoms with van der Waals surface area (Å²) in [6.45, 7) is 1.24. The van der Waals surface area contributed by atoms with E-state index >= 15 is 0 Å². The fourth-order valence-electron chi connectivity index (χ4n) is 4.15. The summed E-state index contributed by atoms with van der Waals surface area (Å²) in [5.74, 6) is -0.0335. The molecule has 0 saturated carbocycles. The van der Waals surface area contributed by atoms with Gasteiger partial charge in [-0.3, -0.25) is 4.79 Å². The van der Waals surface area contributed by atoms with E-state index in [-0.39, 0.29) is 42.4 Å². The first-order valence-corrected chi connectivity index (χ1v) is 10.9. The number of nitrogens with two attached hydrogens (primary N) is 1. The maximum Gasteiger partial charge on any atom is 0.234 e. The van der Waals surface area contributed by atoms with Crippen LogP contribution in [0.25, 0.3) is 0 Å². The summed E-state index contributed by atoms with van der Waals surface area (Å²) in [6, 6.07) is 4.58. The van der Waals surface area contributed by atoms with Crippen LogP contribution < -0.4 is 10.5 Å². The normalized spacial score (nSPS) is 25.1. The lowest BCUT2D eigenvalue weighted by molar-refractivity contribution is 0.0904. The number of benzene rings is 1. The molecule has 4 rings (SSSR count). The first kappa shape index (κ1) is 21.6. The number of aliphatic imine (C=N–C) groups is 1. The standard InChI is InChI=1S/C21H22F2N4O3S/c1-2-18-14-9-31-20(24)27-21(14,10-29-18)13-5-12(3-4-15(13)23)6-17(28)16-7-26-19(8-25-16)30-11-22/h3-5,7-8,14,18H,2,6,9-11H2,1H3,(H2,24,27)/t14-,18-,21-/m1/s1. The van der Waals surface area contributed by atoms with Gasteiger partial charge < -0.3 is 15.2 Å². The van der Waals surface area contributed by atoms with E-state index in [0.717, 1.165) is 6.42 Å². The molecular formula is C21H22F2N4O3S. The van der Waals surface area contributed by atoms with Crippen molar-refractivity contribution in [3.63, 3.8) is 0 Å². The summed E-state index contributed by atoms with van der Waals surface area (Å²) in [5, 5.41) is 0.406. The Balaban J connectivity index is 1.63. The monoisotopic (exact) mass is 448 g/mol. The molecule has 7 nitrogen and oxygen atoms in total. The maximum absolute atomic E-state index is 15.0. The van der Waals surface area contributed by atoms with Crippen LogP contribution in [0.4, 0.5) is 8.78 Å². The number of nitrogens with zero attached hydrogens (tertiary/aromatic N) is 3. The van der Waals surface area contributed by atoms with Crippen LogP contribution in [0.5, 0.6) is 5.88 Å². The molecule has 1 fully saturated rings. The van der Waals surface area contributed by atoms with Gasteiger partial charge >= 0.3 is 0 Å². The van der Waals surface area contributed by atoms with Crippen molar-refractivity contribution in [2.45, 2.75) is 31.4 Å². The van der Waals surface area contributed by atoms with Gasteiger partial charge in [-0.15, -0.1) is 0 Å². The van der Waals surface area contributed by atoms with Crippen LogP contribution in [0.15, 0.2) is 35.6 Å². The van der Waals surface area contributed by atoms with Crippen LogP contribution in [-0.2, 0) is 16.7 Å². The van der Waals surface area contributed by atoms with Gasteiger partial charge in [0.1, 0.15) is 17.1 Å². The molecule has 2 N–H and O–H groups in total. The Hall–Kier alpha value is -2.59. The number of hydrogen-bond acceptors (Lipinski definition) is 8. The van der Waals surface area contributed by atoms with Crippen LogP contribution in [0.2, 0.25) is 0 Å². The lowest BCUT2D eigenvalue weighted by Crippen LogP contribution is -2.42. The van der Waals surface area contributed by atoms with Gasteiger partial charge in [-0.25, -0.2) is 23.7 Å². The van der Waals surface area contributed by atoms with E-state index in [1.165, 1.54) is 30.2 Å². The van der Waals surface area contributed by atoms with E-state index < -0.39 is 18.2 Å². The molecule has 1 aromatic carbocycles. The number of ether oxygens (including phenoxy) is 2. The number of halogens is 2. The molecule has 0 spiro atoms. The van der Waals surface area contributed by atoms with E-state index in [4.69, 9.17) is 10.5 Å². The van der Waals surface area contributed by atoms with Crippen molar-refractivity contribution in [2.75, 3.05) is 19.2 Å². The molecule has 0 radical (unpaired) electrons. The molecule has 10 heteroatoms. The minimum atomic E-state index is -1.03. The molecule has 1 aromatic heterocycles. The molecule has 0 amide bonds. The van der Waals surface area contributed by atoms with Gasteiger partial charge in [0.15, 0.2) is 11.0 Å². The van der Waals surface area contributed by atoms with Crippen LogP contribution >= 0.6 is 11.8 Å². The minimum absolute atomic E-state index is 0.00195. The van der Waals surface area contributed by atoms with Crippen molar-refractivity contribution in [3.8, 4) is 5.88 Å². The minimum Gasteiger partial charge on any atom is -0.445 e. The Kier molecular flexibility index (Phi) is 6.19. The van der Waals surface area contributed by atoms with Crippen molar-refractivity contribution in [2.24, 2.45) is 16.6 Å². The third kappa shape index (κ3) is 4.14. The van der Waals surface area contributed by atoms with E-state index in [9.17, 15) is 13.6 Å². The van der Waals surface area contributed by atoms with E-state index in [2.05, 4.69) is 19.7 Å². The Morgan fingerprint density at radius 2 is 2.23 bits per heavy atom. The van der Waals surface area contributed by atoms with Crippen molar-refractivity contribution in [1.29, 1.82) is 0 Å². The molecule has 0 bridgehead atoms. The van der Waals surface area contributed by atoms with Gasteiger partial charge in [0.05, 0.1) is 25.1 Å². The quantitative estimate of drug-likeness (QED) is 0.650. The number of aromatic nitrogens is 2. The molecule has 3 heterocycles.